The zero-order chi connectivity index (χ0) is 13.6. The van der Waals surface area contributed by atoms with Crippen molar-refractivity contribution in [3.63, 3.8) is 0 Å². The van der Waals surface area contributed by atoms with Crippen molar-refractivity contribution in [2.24, 2.45) is 0 Å². The summed E-state index contributed by atoms with van der Waals surface area (Å²) in [7, 11) is 0. The average Bonchev–Trinajstić information content (AvgIpc) is 2.85. The number of hydrogen-bond acceptors (Lipinski definition) is 7. The summed E-state index contributed by atoms with van der Waals surface area (Å²) in [5.41, 5.74) is -0.422. The number of rotatable bonds is 2. The SMILES string of the molecule is CC(=O)O[C@@H]1C2Oc3nc(=O)ccn3[C@@H]2O[C@@H]1CO. The van der Waals surface area contributed by atoms with E-state index in [1.165, 1.54) is 23.8 Å². The molecule has 0 radical (unpaired) electrons. The normalized spacial score (nSPS) is 31.5. The molecule has 2 aliphatic rings. The molecule has 4 atom stereocenters. The minimum atomic E-state index is -0.732. The van der Waals surface area contributed by atoms with Crippen molar-refractivity contribution in [1.29, 1.82) is 0 Å². The van der Waals surface area contributed by atoms with E-state index in [2.05, 4.69) is 4.98 Å². The largest absolute Gasteiger partial charge is 0.456 e. The molecule has 1 aromatic heterocycles. The van der Waals surface area contributed by atoms with Gasteiger partial charge in [-0.3, -0.25) is 14.2 Å². The average molecular weight is 268 g/mol. The van der Waals surface area contributed by atoms with Crippen LogP contribution in [0.1, 0.15) is 13.2 Å². The fraction of sp³-hybridized carbons (Fsp3) is 0.545. The molecule has 3 heterocycles. The van der Waals surface area contributed by atoms with Crippen molar-refractivity contribution in [2.75, 3.05) is 6.61 Å². The van der Waals surface area contributed by atoms with E-state index in [9.17, 15) is 14.7 Å². The molecule has 1 N–H and O–H groups in total. The molecule has 8 heteroatoms. The lowest BCUT2D eigenvalue weighted by atomic mass is 10.1. The molecule has 0 bridgehead atoms. The van der Waals surface area contributed by atoms with Gasteiger partial charge in [-0.2, -0.15) is 4.98 Å². The maximum Gasteiger partial charge on any atom is 0.303 e. The summed E-state index contributed by atoms with van der Waals surface area (Å²) in [6, 6.07) is 1.40. The lowest BCUT2D eigenvalue weighted by Gasteiger charge is -2.19. The molecule has 0 spiro atoms. The summed E-state index contributed by atoms with van der Waals surface area (Å²) in [4.78, 5) is 26.0. The Morgan fingerprint density at radius 1 is 1.63 bits per heavy atom. The molecule has 3 rings (SSSR count). The topological polar surface area (TPSA) is 99.9 Å². The number of aliphatic hydroxyl groups is 1. The Labute approximate surface area is 107 Å². The van der Waals surface area contributed by atoms with Crippen LogP contribution in [0.5, 0.6) is 6.01 Å². The Morgan fingerprint density at radius 2 is 2.42 bits per heavy atom. The van der Waals surface area contributed by atoms with Crippen molar-refractivity contribution in [1.82, 2.24) is 9.55 Å². The fourth-order valence-electron chi connectivity index (χ4n) is 2.34. The first kappa shape index (κ1) is 12.1. The fourth-order valence-corrected chi connectivity index (χ4v) is 2.34. The van der Waals surface area contributed by atoms with E-state index in [1.807, 2.05) is 0 Å². The second-order valence-corrected chi connectivity index (χ2v) is 4.36. The van der Waals surface area contributed by atoms with Crippen LogP contribution in [0.2, 0.25) is 0 Å². The number of carbonyl (C=O) groups is 1. The van der Waals surface area contributed by atoms with Crippen LogP contribution in [0.25, 0.3) is 0 Å². The predicted molar refractivity (Wildman–Crippen MR) is 59.5 cm³/mol. The molecule has 0 aliphatic carbocycles. The number of aromatic nitrogens is 2. The highest BCUT2D eigenvalue weighted by Crippen LogP contribution is 2.39. The van der Waals surface area contributed by atoms with E-state index in [0.717, 1.165) is 0 Å². The van der Waals surface area contributed by atoms with Crippen LogP contribution in [0, 0.1) is 0 Å². The van der Waals surface area contributed by atoms with E-state index >= 15 is 0 Å². The van der Waals surface area contributed by atoms with Gasteiger partial charge in [0.05, 0.1) is 6.61 Å². The zero-order valence-electron chi connectivity index (χ0n) is 10.1. The number of fused-ring (bicyclic) bond motifs is 3. The zero-order valence-corrected chi connectivity index (χ0v) is 10.1. The van der Waals surface area contributed by atoms with Crippen LogP contribution in [0.3, 0.4) is 0 Å². The van der Waals surface area contributed by atoms with Crippen LogP contribution >= 0.6 is 0 Å². The van der Waals surface area contributed by atoms with Gasteiger partial charge in [-0.25, -0.2) is 0 Å². The molecule has 1 unspecified atom stereocenters. The van der Waals surface area contributed by atoms with E-state index in [-0.39, 0.29) is 12.6 Å². The summed E-state index contributed by atoms with van der Waals surface area (Å²) in [5, 5.41) is 9.25. The second-order valence-electron chi connectivity index (χ2n) is 4.36. The van der Waals surface area contributed by atoms with Gasteiger partial charge in [-0.15, -0.1) is 0 Å². The monoisotopic (exact) mass is 268 g/mol. The number of ether oxygens (including phenoxy) is 3. The molecule has 102 valence electrons. The van der Waals surface area contributed by atoms with E-state index < -0.39 is 36.1 Å². The molecule has 1 saturated heterocycles. The summed E-state index contributed by atoms with van der Waals surface area (Å²) in [6.07, 6.45) is -1.07. The van der Waals surface area contributed by atoms with Crippen LogP contribution in [-0.4, -0.2) is 45.5 Å². The van der Waals surface area contributed by atoms with Gasteiger partial charge in [-0.1, -0.05) is 0 Å². The third kappa shape index (κ3) is 1.89. The van der Waals surface area contributed by atoms with E-state index in [4.69, 9.17) is 14.2 Å². The molecule has 19 heavy (non-hydrogen) atoms. The van der Waals surface area contributed by atoms with Gasteiger partial charge in [-0.05, 0) is 0 Å². The third-order valence-corrected chi connectivity index (χ3v) is 3.09. The Morgan fingerprint density at radius 3 is 3.11 bits per heavy atom. The number of aliphatic hydroxyl groups excluding tert-OH is 1. The maximum atomic E-state index is 11.2. The second kappa shape index (κ2) is 4.32. The minimum absolute atomic E-state index is 0.121. The quantitative estimate of drug-likeness (QED) is 0.674. The highest BCUT2D eigenvalue weighted by Gasteiger charge is 2.53. The molecule has 0 saturated carbocycles. The van der Waals surface area contributed by atoms with E-state index in [0.29, 0.717) is 0 Å². The Hall–Kier alpha value is -1.93. The summed E-state index contributed by atoms with van der Waals surface area (Å²) >= 11 is 0. The van der Waals surface area contributed by atoms with Crippen molar-refractivity contribution in [3.05, 3.63) is 22.6 Å². The first-order valence-electron chi connectivity index (χ1n) is 5.79. The molecular formula is C11H12N2O6. The van der Waals surface area contributed by atoms with Crippen molar-refractivity contribution in [2.45, 2.75) is 31.5 Å². The third-order valence-electron chi connectivity index (χ3n) is 3.09. The van der Waals surface area contributed by atoms with Crippen LogP contribution in [0.15, 0.2) is 17.1 Å². The molecule has 2 aliphatic heterocycles. The van der Waals surface area contributed by atoms with Crippen molar-refractivity contribution in [3.8, 4) is 6.01 Å². The van der Waals surface area contributed by atoms with Gasteiger partial charge in [0.25, 0.3) is 5.56 Å². The maximum absolute atomic E-state index is 11.2. The molecule has 0 aromatic carbocycles. The van der Waals surface area contributed by atoms with E-state index in [1.54, 1.807) is 0 Å². The van der Waals surface area contributed by atoms with Gasteiger partial charge in [0, 0.05) is 19.2 Å². The number of esters is 1. The van der Waals surface area contributed by atoms with Crippen molar-refractivity contribution >= 4 is 5.97 Å². The number of nitrogens with zero attached hydrogens (tertiary/aromatic N) is 2. The van der Waals surface area contributed by atoms with Gasteiger partial charge in [0.2, 0.25) is 0 Å². The van der Waals surface area contributed by atoms with Gasteiger partial charge < -0.3 is 19.3 Å². The predicted octanol–water partition coefficient (Wildman–Crippen LogP) is -1.17. The molecule has 1 fully saturated rings. The summed E-state index contributed by atoms with van der Waals surface area (Å²) in [6.45, 7) is 0.974. The molecular weight excluding hydrogens is 256 g/mol. The first-order valence-corrected chi connectivity index (χ1v) is 5.79. The van der Waals surface area contributed by atoms with Crippen LogP contribution < -0.4 is 10.3 Å². The van der Waals surface area contributed by atoms with Crippen LogP contribution in [-0.2, 0) is 14.3 Å². The van der Waals surface area contributed by atoms with Crippen molar-refractivity contribution < 1.29 is 24.1 Å². The highest BCUT2D eigenvalue weighted by molar-refractivity contribution is 5.66. The summed E-state index contributed by atoms with van der Waals surface area (Å²) in [5.74, 6) is -0.491. The van der Waals surface area contributed by atoms with Crippen LogP contribution in [0.4, 0.5) is 0 Å². The number of hydrogen-bond donors (Lipinski definition) is 1. The molecule has 8 nitrogen and oxygen atoms in total. The number of carbonyl (C=O) groups excluding carboxylic acids is 1. The molecule has 0 amide bonds. The Balaban J connectivity index is 1.92. The summed E-state index contributed by atoms with van der Waals surface area (Å²) < 4.78 is 17.7. The Kier molecular flexibility index (Phi) is 2.76. The lowest BCUT2D eigenvalue weighted by molar-refractivity contribution is -0.153. The Bertz CT molecular complexity index is 571. The minimum Gasteiger partial charge on any atom is -0.456 e. The molecule has 1 aromatic rings. The van der Waals surface area contributed by atoms with Gasteiger partial charge in [0.1, 0.15) is 6.10 Å². The first-order chi connectivity index (χ1) is 9.10. The highest BCUT2D eigenvalue weighted by atomic mass is 16.7. The van der Waals surface area contributed by atoms with Gasteiger partial charge in [0.15, 0.2) is 18.4 Å². The smallest absolute Gasteiger partial charge is 0.303 e. The lowest BCUT2D eigenvalue weighted by Crippen LogP contribution is -2.38. The van der Waals surface area contributed by atoms with Gasteiger partial charge >= 0.3 is 12.0 Å². The standard InChI is InChI=1S/C11H12N2O6/c1-5(15)17-8-6(4-14)18-10-9(8)19-11-12-7(16)2-3-13(10)11/h2-3,6,8-10,14H,4H2,1H3/t6-,8+,9?,10-/m1/s1.